The van der Waals surface area contributed by atoms with Gasteiger partial charge in [-0.05, 0) is 142 Å². The van der Waals surface area contributed by atoms with Crippen LogP contribution in [0, 0.1) is 0 Å². The van der Waals surface area contributed by atoms with Crippen molar-refractivity contribution in [1.82, 2.24) is 4.40 Å². The maximum Gasteiger partial charge on any atom is 0.252 e. The standard InChI is InChI=1S/C88H62BN3/c1-88(2,3)65-54-74(61-32-15-7-16-33-61)86(75(55-65)62-34-17-8-18-35-62)92-80-51-47-64(59-30-13-6-14-31-59)53-77(80)89-76-52-63(58-28-11-5-12-29-58)46-50-79(76)90(66-48-44-60(45-49-66)57-26-9-4-10-27-57)87-83-73-42-25-41-72-70-39-22-20-37-68(70)67-36-19-21-38-69(67)71-40-23-24-43-78(71)91(85(72)73)81(83)56-82(92)84(87)89/h4-56H,1-3H3/i5D,6D,11D,12D,13D,14D,28D,29D,30D,31D. The summed E-state index contributed by atoms with van der Waals surface area (Å²) in [5.74, 6) is 0. The molecular weight excluding hydrogens is 1110 g/mol. The summed E-state index contributed by atoms with van der Waals surface area (Å²) in [6.45, 7) is 5.96. The summed E-state index contributed by atoms with van der Waals surface area (Å²) in [7, 11) is 0. The average molecular weight is 1180 g/mol. The number of rotatable bonds is 7. The number of nitrogens with zero attached hydrogens (tertiary/aromatic N) is 3. The summed E-state index contributed by atoms with van der Waals surface area (Å²) < 4.78 is 94.6. The van der Waals surface area contributed by atoms with E-state index in [-0.39, 0.29) is 40.7 Å². The Morgan fingerprint density at radius 1 is 0.326 bits per heavy atom. The fourth-order valence-electron chi connectivity index (χ4n) is 14.9. The Balaban J connectivity index is 1.11. The Kier molecular flexibility index (Phi) is 10.1. The molecule has 4 heterocycles. The third kappa shape index (κ3) is 8.37. The van der Waals surface area contributed by atoms with E-state index in [0.717, 1.165) is 149 Å². The Hall–Kier alpha value is -11.5. The van der Waals surface area contributed by atoms with Crippen molar-refractivity contribution in [1.29, 1.82) is 0 Å². The smallest absolute Gasteiger partial charge is 0.252 e. The molecule has 0 saturated carbocycles. The van der Waals surface area contributed by atoms with Gasteiger partial charge in [-0.3, -0.25) is 0 Å². The molecule has 2 aliphatic rings. The molecule has 432 valence electrons. The van der Waals surface area contributed by atoms with Crippen molar-refractivity contribution in [2.45, 2.75) is 26.2 Å². The van der Waals surface area contributed by atoms with Crippen molar-refractivity contribution in [2.24, 2.45) is 0 Å². The van der Waals surface area contributed by atoms with Crippen LogP contribution in [0.5, 0.6) is 0 Å². The first-order valence-corrected chi connectivity index (χ1v) is 31.4. The maximum atomic E-state index is 9.60. The highest BCUT2D eigenvalue weighted by molar-refractivity contribution is 7.00. The molecular formula is C88H62BN3. The van der Waals surface area contributed by atoms with Gasteiger partial charge in [0.15, 0.2) is 0 Å². The lowest BCUT2D eigenvalue weighted by Gasteiger charge is -2.45. The molecule has 0 bridgehead atoms. The van der Waals surface area contributed by atoms with Crippen LogP contribution < -0.4 is 26.2 Å². The van der Waals surface area contributed by atoms with Crippen LogP contribution in [0.4, 0.5) is 34.1 Å². The zero-order valence-corrected chi connectivity index (χ0v) is 50.7. The fraction of sp³-hybridized carbons (Fsp3) is 0.0455. The molecule has 0 radical (unpaired) electrons. The molecule has 0 spiro atoms. The largest absolute Gasteiger partial charge is 0.311 e. The number of hydrogen-bond donors (Lipinski definition) is 0. The van der Waals surface area contributed by atoms with Gasteiger partial charge in [-0.25, -0.2) is 0 Å². The second-order valence-corrected chi connectivity index (χ2v) is 25.2. The second kappa shape index (κ2) is 21.1. The summed E-state index contributed by atoms with van der Waals surface area (Å²) in [6.07, 6.45) is 0. The summed E-state index contributed by atoms with van der Waals surface area (Å²) in [5.41, 5.74) is 17.7. The Bertz CT molecular complexity index is 6190. The zero-order valence-electron chi connectivity index (χ0n) is 60.7. The number of aromatic nitrogens is 1. The summed E-state index contributed by atoms with van der Waals surface area (Å²) in [4.78, 5) is 4.79. The van der Waals surface area contributed by atoms with E-state index in [2.05, 4.69) is 229 Å². The molecule has 16 aromatic rings. The monoisotopic (exact) mass is 1180 g/mol. The van der Waals surface area contributed by atoms with Gasteiger partial charge in [0, 0.05) is 55.4 Å². The van der Waals surface area contributed by atoms with E-state index in [1.807, 2.05) is 66.7 Å². The van der Waals surface area contributed by atoms with Crippen molar-refractivity contribution >= 4 is 117 Å². The molecule has 2 aromatic heterocycles. The van der Waals surface area contributed by atoms with E-state index in [1.54, 1.807) is 0 Å². The van der Waals surface area contributed by atoms with Gasteiger partial charge in [-0.15, -0.1) is 0 Å². The molecule has 0 saturated heterocycles. The third-order valence-electron chi connectivity index (χ3n) is 19.0. The summed E-state index contributed by atoms with van der Waals surface area (Å²) >= 11 is 0. The molecule has 0 atom stereocenters. The minimum Gasteiger partial charge on any atom is -0.311 e. The molecule has 0 fully saturated rings. The van der Waals surface area contributed by atoms with Crippen LogP contribution in [0.1, 0.15) is 40.0 Å². The molecule has 3 nitrogen and oxygen atoms in total. The number of benzene rings is 14. The molecule has 18 rings (SSSR count). The third-order valence-corrected chi connectivity index (χ3v) is 19.0. The van der Waals surface area contributed by atoms with Crippen molar-refractivity contribution < 1.29 is 13.7 Å². The van der Waals surface area contributed by atoms with Crippen LogP contribution in [0.3, 0.4) is 0 Å². The molecule has 2 aliphatic heterocycles. The van der Waals surface area contributed by atoms with Crippen LogP contribution in [-0.4, -0.2) is 11.1 Å². The maximum absolute atomic E-state index is 9.60. The molecule has 92 heavy (non-hydrogen) atoms. The molecule has 4 heteroatoms. The van der Waals surface area contributed by atoms with Gasteiger partial charge < -0.3 is 14.2 Å². The first-order valence-electron chi connectivity index (χ1n) is 36.4. The van der Waals surface area contributed by atoms with E-state index < -0.39 is 43.0 Å². The highest BCUT2D eigenvalue weighted by Crippen LogP contribution is 2.55. The second-order valence-electron chi connectivity index (χ2n) is 25.2. The lowest BCUT2D eigenvalue weighted by atomic mass is 9.33. The predicted molar refractivity (Wildman–Crippen MR) is 394 cm³/mol. The van der Waals surface area contributed by atoms with E-state index in [1.165, 1.54) is 0 Å². The van der Waals surface area contributed by atoms with Crippen LogP contribution in [0.25, 0.3) is 115 Å². The highest BCUT2D eigenvalue weighted by Gasteiger charge is 2.46. The van der Waals surface area contributed by atoms with Gasteiger partial charge in [0.25, 0.3) is 6.71 Å². The Labute approximate surface area is 550 Å². The number of hydrogen-bond acceptors (Lipinski definition) is 2. The van der Waals surface area contributed by atoms with Gasteiger partial charge in [0.1, 0.15) is 0 Å². The van der Waals surface area contributed by atoms with Crippen molar-refractivity contribution in [3.05, 3.63) is 327 Å². The van der Waals surface area contributed by atoms with Crippen LogP contribution in [0.2, 0.25) is 0 Å². The topological polar surface area (TPSA) is 10.9 Å². The van der Waals surface area contributed by atoms with Crippen molar-refractivity contribution in [3.63, 3.8) is 0 Å². The SMILES string of the molecule is [2H]c1c([2H])c([2H])c(-c2ccc3c(c2)B2c4cc(-c5c([2H])c([2H])c([2H])c([2H])c5[2H])ccc4N(c4ccc(-c5ccccc5)cc4)c4c2c(cc2c4c4cccc5c6ccccc6c6ccccc6c6ccccc6n2c54)N3c2c(-c3ccccc3)cc(C(C)(C)C)cc2-c2ccccc2)c([2H])c1[2H]. The minimum absolute atomic E-state index is 0.0444. The quantitative estimate of drug-likeness (QED) is 0.147. The van der Waals surface area contributed by atoms with Gasteiger partial charge in [-0.2, -0.15) is 0 Å². The lowest BCUT2D eigenvalue weighted by Crippen LogP contribution is -2.61. The van der Waals surface area contributed by atoms with Crippen LogP contribution >= 0.6 is 0 Å². The molecule has 0 amide bonds. The number of para-hydroxylation sites is 2. The van der Waals surface area contributed by atoms with Crippen molar-refractivity contribution in [2.75, 3.05) is 9.80 Å². The van der Waals surface area contributed by atoms with Gasteiger partial charge in [0.05, 0.1) is 41.6 Å². The lowest BCUT2D eigenvalue weighted by molar-refractivity contribution is 0.591. The van der Waals surface area contributed by atoms with Gasteiger partial charge in [0.2, 0.25) is 0 Å². The molecule has 0 aliphatic carbocycles. The van der Waals surface area contributed by atoms with Crippen LogP contribution in [-0.2, 0) is 5.41 Å². The molecule has 0 unspecified atom stereocenters. The van der Waals surface area contributed by atoms with Crippen LogP contribution in [0.15, 0.2) is 321 Å². The van der Waals surface area contributed by atoms with Gasteiger partial charge in [-0.1, -0.05) is 294 Å². The van der Waals surface area contributed by atoms with Gasteiger partial charge >= 0.3 is 0 Å². The Morgan fingerprint density at radius 3 is 1.33 bits per heavy atom. The first kappa shape index (κ1) is 44.1. The highest BCUT2D eigenvalue weighted by atomic mass is 15.2. The number of anilines is 6. The molecule has 14 aromatic carbocycles. The fourth-order valence-corrected chi connectivity index (χ4v) is 14.9. The summed E-state index contributed by atoms with van der Waals surface area (Å²) in [6, 6.07) is 87.5. The average Bonchev–Trinajstić information content (AvgIpc) is 1.33. The van der Waals surface area contributed by atoms with E-state index >= 15 is 0 Å². The summed E-state index contributed by atoms with van der Waals surface area (Å²) in [5, 5.41) is 8.35. The van der Waals surface area contributed by atoms with E-state index in [9.17, 15) is 5.48 Å². The van der Waals surface area contributed by atoms with Crippen molar-refractivity contribution in [3.8, 4) is 55.6 Å². The first-order chi connectivity index (χ1) is 49.5. The van der Waals surface area contributed by atoms with E-state index in [0.29, 0.717) is 11.1 Å². The predicted octanol–water partition coefficient (Wildman–Crippen LogP) is 22.0. The molecule has 0 N–H and O–H groups in total. The number of fused-ring (bicyclic) bond motifs is 15. The Morgan fingerprint density at radius 2 is 0.772 bits per heavy atom. The minimum atomic E-state index is -0.774. The van der Waals surface area contributed by atoms with E-state index in [4.69, 9.17) is 8.22 Å². The normalized spacial score (nSPS) is 14.2. The zero-order chi connectivity index (χ0) is 69.9.